The molecule has 31 heavy (non-hydrogen) atoms. The zero-order valence-electron chi connectivity index (χ0n) is 15.9. The van der Waals surface area contributed by atoms with E-state index >= 15 is 0 Å². The van der Waals surface area contributed by atoms with E-state index in [1.165, 1.54) is 13.1 Å². The first-order chi connectivity index (χ1) is 14.1. The summed E-state index contributed by atoms with van der Waals surface area (Å²) in [6, 6.07) is -1.00. The number of phosphoric ester groups is 1. The van der Waals surface area contributed by atoms with Crippen LogP contribution in [0.1, 0.15) is 18.2 Å². The van der Waals surface area contributed by atoms with Gasteiger partial charge in [-0.15, -0.1) is 0 Å². The Labute approximate surface area is 172 Å². The lowest BCUT2D eigenvalue weighted by Crippen LogP contribution is -2.33. The van der Waals surface area contributed by atoms with E-state index in [1.807, 2.05) is 0 Å². The van der Waals surface area contributed by atoms with Gasteiger partial charge in [-0.1, -0.05) is 5.11 Å². The summed E-state index contributed by atoms with van der Waals surface area (Å²) in [6.45, 7) is 1.17. The van der Waals surface area contributed by atoms with E-state index in [4.69, 9.17) is 15.2 Å². The summed E-state index contributed by atoms with van der Waals surface area (Å²) in [5, 5.41) is 3.45. The molecule has 0 spiro atoms. The van der Waals surface area contributed by atoms with Gasteiger partial charge in [0, 0.05) is 29.8 Å². The predicted molar refractivity (Wildman–Crippen MR) is 101 cm³/mol. The highest BCUT2D eigenvalue weighted by atomic mass is 31.3. The summed E-state index contributed by atoms with van der Waals surface area (Å²) in [5.74, 6) is 0. The normalized spacial score (nSPS) is 26.9. The lowest BCUT2D eigenvalue weighted by molar-refractivity contribution is -0.0267. The molecule has 3 unspecified atom stereocenters. The summed E-state index contributed by atoms with van der Waals surface area (Å²) in [6.07, 6.45) is -1.12. The third-order valence-corrected chi connectivity index (χ3v) is 7.89. The summed E-state index contributed by atoms with van der Waals surface area (Å²) < 4.78 is 53.3. The minimum atomic E-state index is -5.45. The molecule has 4 N–H and O–H groups in total. The molecule has 17 nitrogen and oxygen atoms in total. The van der Waals surface area contributed by atoms with Crippen LogP contribution in [0.5, 0.6) is 0 Å². The van der Waals surface area contributed by atoms with E-state index < -0.39 is 59.5 Å². The molecule has 0 aliphatic carbocycles. The molecule has 0 bridgehead atoms. The van der Waals surface area contributed by atoms with Gasteiger partial charge in [0.05, 0.1) is 18.8 Å². The number of aromatic nitrogens is 2. The third-order valence-electron chi connectivity index (χ3n) is 3.72. The molecule has 2 heterocycles. The van der Waals surface area contributed by atoms with Crippen LogP contribution in [0, 0.1) is 6.92 Å². The van der Waals surface area contributed by atoms with Crippen molar-refractivity contribution in [2.45, 2.75) is 31.7 Å². The van der Waals surface area contributed by atoms with Gasteiger partial charge in [-0.05, 0) is 12.5 Å². The fourth-order valence-electron chi connectivity index (χ4n) is 2.55. The Hall–Kier alpha value is -1.60. The molecule has 1 saturated heterocycles. The second-order valence-electron chi connectivity index (χ2n) is 6.31. The summed E-state index contributed by atoms with van der Waals surface area (Å²) >= 11 is 0. The van der Waals surface area contributed by atoms with Crippen LogP contribution in [0.25, 0.3) is 10.4 Å². The third kappa shape index (κ3) is 7.49. The molecule has 1 fully saturated rings. The molecule has 1 aromatic rings. The maximum atomic E-state index is 12.0. The van der Waals surface area contributed by atoms with Crippen molar-refractivity contribution in [3.63, 3.8) is 0 Å². The van der Waals surface area contributed by atoms with Gasteiger partial charge in [-0.25, -0.2) is 18.2 Å². The van der Waals surface area contributed by atoms with Crippen molar-refractivity contribution in [1.29, 1.82) is 0 Å². The molecular weight excluding hydrogens is 487 g/mol. The quantitative estimate of drug-likeness (QED) is 0.158. The van der Waals surface area contributed by atoms with Crippen LogP contribution in [0.4, 0.5) is 0 Å². The Kier molecular flexibility index (Phi) is 7.85. The fraction of sp³-hybridized carbons (Fsp3) is 0.636. The molecule has 2 rings (SSSR count). The van der Waals surface area contributed by atoms with E-state index in [0.717, 1.165) is 4.57 Å². The molecular formula is C11H18N5O12P3. The number of H-pyrrole nitrogens is 1. The second-order valence-corrected chi connectivity index (χ2v) is 11.4. The van der Waals surface area contributed by atoms with Gasteiger partial charge in [-0.3, -0.25) is 23.4 Å². The fourth-order valence-corrected chi connectivity index (χ4v) is 6.04. The van der Waals surface area contributed by atoms with Crippen molar-refractivity contribution in [3.8, 4) is 0 Å². The second kappa shape index (κ2) is 9.49. The average molecular weight is 505 g/mol. The van der Waals surface area contributed by atoms with Gasteiger partial charge in [0.1, 0.15) is 6.23 Å². The lowest BCUT2D eigenvalue weighted by atomic mass is 10.1. The molecule has 0 aromatic carbocycles. The first-order valence-corrected chi connectivity index (χ1v) is 13.2. The van der Waals surface area contributed by atoms with Gasteiger partial charge >= 0.3 is 28.9 Å². The number of hydrogen-bond acceptors (Lipinski definition) is 10. The van der Waals surface area contributed by atoms with Gasteiger partial charge < -0.3 is 19.4 Å². The number of ether oxygens (including phenoxy) is 1. The Morgan fingerprint density at radius 1 is 1.29 bits per heavy atom. The molecule has 0 saturated carbocycles. The number of nitrogens with zero attached hydrogens (tertiary/aromatic N) is 4. The molecule has 1 aliphatic rings. The van der Waals surface area contributed by atoms with E-state index in [0.29, 0.717) is 6.66 Å². The van der Waals surface area contributed by atoms with Crippen LogP contribution >= 0.6 is 23.2 Å². The van der Waals surface area contributed by atoms with Crippen LogP contribution in [0.15, 0.2) is 20.9 Å². The number of rotatable bonds is 9. The highest BCUT2D eigenvalue weighted by molar-refractivity contribution is 7.68. The number of nitrogens with one attached hydrogen (secondary N) is 1. The maximum absolute atomic E-state index is 12.0. The summed E-state index contributed by atoms with van der Waals surface area (Å²) in [4.78, 5) is 56.0. The van der Waals surface area contributed by atoms with Gasteiger partial charge in [0.15, 0.2) is 0 Å². The molecule has 0 radical (unpaired) electrons. The lowest BCUT2D eigenvalue weighted by Gasteiger charge is -2.20. The zero-order valence-corrected chi connectivity index (χ0v) is 18.6. The predicted octanol–water partition coefficient (Wildman–Crippen LogP) is 0.877. The van der Waals surface area contributed by atoms with Gasteiger partial charge in [-0.2, -0.15) is 4.31 Å². The monoisotopic (exact) mass is 505 g/mol. The van der Waals surface area contributed by atoms with Crippen molar-refractivity contribution < 1.29 is 46.3 Å². The molecule has 0 amide bonds. The minimum Gasteiger partial charge on any atom is -0.352 e. The van der Waals surface area contributed by atoms with E-state index in [2.05, 4.69) is 28.2 Å². The molecule has 1 aromatic heterocycles. The number of aromatic amines is 1. The van der Waals surface area contributed by atoms with Crippen molar-refractivity contribution in [2.75, 3.05) is 13.3 Å². The van der Waals surface area contributed by atoms with Crippen molar-refractivity contribution in [3.05, 3.63) is 43.0 Å². The molecule has 174 valence electrons. The van der Waals surface area contributed by atoms with Crippen LogP contribution in [-0.2, 0) is 31.6 Å². The minimum absolute atomic E-state index is 0.0782. The van der Waals surface area contributed by atoms with E-state index in [9.17, 15) is 33.1 Å². The van der Waals surface area contributed by atoms with Crippen LogP contribution in [-0.4, -0.2) is 49.6 Å². The number of azide groups is 1. The Morgan fingerprint density at radius 2 is 1.94 bits per heavy atom. The van der Waals surface area contributed by atoms with E-state index in [-0.39, 0.29) is 12.0 Å². The van der Waals surface area contributed by atoms with Gasteiger partial charge in [0.25, 0.3) is 5.56 Å². The zero-order chi connectivity index (χ0) is 23.6. The Balaban J connectivity index is 2.14. The standard InChI is InChI=1S/C11H18N5O12P3/c1-6-4-16(11(18)13-10(6)17)9-3-7(14-15-12)8(26-9)5-25-30(21,22)28-31(23,24)27-29(2,19)20/h4,7-9H,3,5H2,1-2H3,(H,19,20)(H,21,22)(H,23,24)(H,13,17,18)/t7-,8+,9+/m0/s1. The number of hydrogen-bond donors (Lipinski definition) is 4. The Morgan fingerprint density at radius 3 is 2.52 bits per heavy atom. The van der Waals surface area contributed by atoms with E-state index in [1.54, 1.807) is 0 Å². The highest BCUT2D eigenvalue weighted by Gasteiger charge is 2.42. The van der Waals surface area contributed by atoms with Crippen LogP contribution in [0.2, 0.25) is 0 Å². The summed E-state index contributed by atoms with van der Waals surface area (Å²) in [7, 11) is -15.3. The maximum Gasteiger partial charge on any atom is 0.488 e. The highest BCUT2D eigenvalue weighted by Crippen LogP contribution is 2.66. The largest absolute Gasteiger partial charge is 0.488 e. The molecule has 1 aliphatic heterocycles. The van der Waals surface area contributed by atoms with Crippen molar-refractivity contribution in [2.24, 2.45) is 5.11 Å². The van der Waals surface area contributed by atoms with Crippen LogP contribution in [0.3, 0.4) is 0 Å². The number of phosphoric acid groups is 2. The van der Waals surface area contributed by atoms with Crippen molar-refractivity contribution in [1.82, 2.24) is 9.55 Å². The average Bonchev–Trinajstić information content (AvgIpc) is 2.96. The SMILES string of the molecule is Cc1cn([C@H]2C[C@H](N=[N+]=[N-])[C@@H](COP(=O)(O)OP(=O)(O)OP(C)(=O)O)O2)c(=O)[nH]c1=O. The van der Waals surface area contributed by atoms with Gasteiger partial charge in [0.2, 0.25) is 0 Å². The first kappa shape index (κ1) is 25.7. The summed E-state index contributed by atoms with van der Waals surface area (Å²) in [5.41, 5.74) is 7.47. The van der Waals surface area contributed by atoms with Crippen LogP contribution < -0.4 is 11.2 Å². The topological polar surface area (TPSA) is 252 Å². The van der Waals surface area contributed by atoms with Crippen molar-refractivity contribution >= 4 is 23.2 Å². The molecule has 20 heteroatoms. The Bertz CT molecular complexity index is 1140. The molecule has 6 atom stereocenters. The number of aryl methyl sites for hydroxylation is 1. The smallest absolute Gasteiger partial charge is 0.352 e. The first-order valence-electron chi connectivity index (χ1n) is 8.17.